The second-order valence-electron chi connectivity index (χ2n) is 7.40. The van der Waals surface area contributed by atoms with Crippen LogP contribution in [-0.4, -0.2) is 29.3 Å². The van der Waals surface area contributed by atoms with E-state index in [0.29, 0.717) is 30.1 Å². The van der Waals surface area contributed by atoms with Crippen LogP contribution < -0.4 is 5.32 Å². The summed E-state index contributed by atoms with van der Waals surface area (Å²) in [5.74, 6) is -0.913. The minimum Gasteiger partial charge on any atom is -0.478 e. The first-order valence-electron chi connectivity index (χ1n) is 9.94. The number of aromatic carboxylic acids is 1. The maximum Gasteiger partial charge on any atom is 0.336 e. The van der Waals surface area contributed by atoms with Gasteiger partial charge in [-0.2, -0.15) is 0 Å². The van der Waals surface area contributed by atoms with Gasteiger partial charge in [0.05, 0.1) is 11.7 Å². The molecule has 0 bridgehead atoms. The predicted octanol–water partition coefficient (Wildman–Crippen LogP) is 5.61. The maximum atomic E-state index is 11.9. The number of hydrogen-bond acceptors (Lipinski definition) is 3. The van der Waals surface area contributed by atoms with Crippen molar-refractivity contribution in [2.45, 2.75) is 26.4 Å². The molecule has 4 nitrogen and oxygen atoms in total. The average molecular weight is 460 g/mol. The number of nitrogens with one attached hydrogen (secondary N) is 1. The molecule has 0 aliphatic heterocycles. The van der Waals surface area contributed by atoms with Crippen molar-refractivity contribution in [1.82, 2.24) is 5.32 Å². The molecule has 1 atom stereocenters. The first-order valence-corrected chi connectivity index (χ1v) is 10.3. The predicted molar refractivity (Wildman–Crippen MR) is 129 cm³/mol. The summed E-state index contributed by atoms with van der Waals surface area (Å²) in [7, 11) is 0. The number of rotatable bonds is 8. The summed E-state index contributed by atoms with van der Waals surface area (Å²) in [6.45, 7) is 4.74. The highest BCUT2D eigenvalue weighted by Gasteiger charge is 2.18. The molecule has 0 unspecified atom stereocenters. The molecule has 164 valence electrons. The van der Waals surface area contributed by atoms with Gasteiger partial charge in [-0.05, 0) is 78.4 Å². The number of benzene rings is 3. The van der Waals surface area contributed by atoms with Gasteiger partial charge in [-0.3, -0.25) is 0 Å². The van der Waals surface area contributed by atoms with E-state index in [1.807, 2.05) is 56.3 Å². The molecule has 3 aromatic carbocycles. The van der Waals surface area contributed by atoms with Crippen LogP contribution in [0.3, 0.4) is 0 Å². The molecule has 0 radical (unpaired) electrons. The third kappa shape index (κ3) is 6.08. The van der Waals surface area contributed by atoms with Crippen molar-refractivity contribution in [1.29, 1.82) is 0 Å². The van der Waals surface area contributed by atoms with Gasteiger partial charge < -0.3 is 15.5 Å². The second-order valence-corrected chi connectivity index (χ2v) is 7.84. The summed E-state index contributed by atoms with van der Waals surface area (Å²) in [4.78, 5) is 11.9. The largest absolute Gasteiger partial charge is 0.478 e. The Kier molecular flexibility index (Phi) is 9.08. The van der Waals surface area contributed by atoms with Gasteiger partial charge in [0.1, 0.15) is 0 Å². The van der Waals surface area contributed by atoms with Gasteiger partial charge in [-0.25, -0.2) is 4.79 Å². The SMILES string of the molecule is Cc1c(-c2ccccc2)cc(CCNC[C@H](O)c2cccc(Cl)c2)c(C(=O)O)c1C.Cl. The molecule has 0 aliphatic rings. The number of hydrogen-bond donors (Lipinski definition) is 3. The van der Waals surface area contributed by atoms with Crippen molar-refractivity contribution >= 4 is 30.0 Å². The number of carboxylic acid groups (broad SMARTS) is 1. The molecule has 3 aromatic rings. The van der Waals surface area contributed by atoms with E-state index < -0.39 is 12.1 Å². The van der Waals surface area contributed by atoms with Crippen LogP contribution in [0.4, 0.5) is 0 Å². The molecule has 0 spiro atoms. The van der Waals surface area contributed by atoms with Crippen molar-refractivity contribution in [3.05, 3.63) is 93.5 Å². The zero-order valence-electron chi connectivity index (χ0n) is 17.6. The first-order chi connectivity index (χ1) is 14.4. The van der Waals surface area contributed by atoms with Crippen molar-refractivity contribution in [3.63, 3.8) is 0 Å². The first kappa shape index (κ1) is 24.9. The number of aliphatic hydroxyl groups is 1. The van der Waals surface area contributed by atoms with Gasteiger partial charge in [-0.1, -0.05) is 54.1 Å². The summed E-state index contributed by atoms with van der Waals surface area (Å²) in [5, 5.41) is 23.9. The van der Waals surface area contributed by atoms with Crippen molar-refractivity contribution in [2.24, 2.45) is 0 Å². The highest BCUT2D eigenvalue weighted by atomic mass is 35.5. The minimum absolute atomic E-state index is 0. The Hall–Kier alpha value is -2.37. The molecule has 0 saturated carbocycles. The molecule has 6 heteroatoms. The lowest BCUT2D eigenvalue weighted by Gasteiger charge is -2.17. The fraction of sp³-hybridized carbons (Fsp3) is 0.240. The van der Waals surface area contributed by atoms with E-state index in [0.717, 1.165) is 33.4 Å². The molecule has 0 heterocycles. The summed E-state index contributed by atoms with van der Waals surface area (Å²) >= 11 is 5.98. The van der Waals surface area contributed by atoms with E-state index in [9.17, 15) is 15.0 Å². The Balaban J connectivity index is 0.00000341. The standard InChI is InChI=1S/C25H26ClNO3.ClH/c1-16-17(2)24(25(29)30)20(14-22(16)18-7-4-3-5-8-18)11-12-27-15-23(28)19-9-6-10-21(26)13-19;/h3-10,13-14,23,27-28H,11-12,15H2,1-2H3,(H,29,30);1H/t23-;/m0./s1. The summed E-state index contributed by atoms with van der Waals surface area (Å²) in [6, 6.07) is 19.1. The Morgan fingerprint density at radius 2 is 1.74 bits per heavy atom. The van der Waals surface area contributed by atoms with E-state index >= 15 is 0 Å². The number of carbonyl (C=O) groups is 1. The third-order valence-corrected chi connectivity index (χ3v) is 5.66. The van der Waals surface area contributed by atoms with Crippen LogP contribution in [-0.2, 0) is 6.42 Å². The van der Waals surface area contributed by atoms with Crippen LogP contribution in [0.25, 0.3) is 11.1 Å². The van der Waals surface area contributed by atoms with Gasteiger partial charge in [0, 0.05) is 11.6 Å². The lowest BCUT2D eigenvalue weighted by molar-refractivity contribution is 0.0694. The highest BCUT2D eigenvalue weighted by molar-refractivity contribution is 6.30. The lowest BCUT2D eigenvalue weighted by Crippen LogP contribution is -2.24. The molecule has 0 amide bonds. The zero-order valence-corrected chi connectivity index (χ0v) is 19.1. The molecule has 0 saturated heterocycles. The molecule has 0 aliphatic carbocycles. The molecular weight excluding hydrogens is 433 g/mol. The topological polar surface area (TPSA) is 69.6 Å². The molecule has 3 N–H and O–H groups in total. The van der Waals surface area contributed by atoms with Crippen molar-refractivity contribution in [3.8, 4) is 11.1 Å². The quantitative estimate of drug-likeness (QED) is 0.382. The smallest absolute Gasteiger partial charge is 0.336 e. The van der Waals surface area contributed by atoms with Gasteiger partial charge in [-0.15, -0.1) is 12.4 Å². The molecular formula is C25H27Cl2NO3. The zero-order chi connectivity index (χ0) is 21.7. The Bertz CT molecular complexity index is 1040. The summed E-state index contributed by atoms with van der Waals surface area (Å²) in [5.41, 5.74) is 5.79. The normalized spacial score (nSPS) is 11.6. The molecule has 31 heavy (non-hydrogen) atoms. The van der Waals surface area contributed by atoms with Crippen molar-refractivity contribution < 1.29 is 15.0 Å². The van der Waals surface area contributed by atoms with Crippen LogP contribution in [0, 0.1) is 13.8 Å². The third-order valence-electron chi connectivity index (χ3n) is 5.42. The fourth-order valence-corrected chi connectivity index (χ4v) is 3.89. The Morgan fingerprint density at radius 3 is 2.39 bits per heavy atom. The van der Waals surface area contributed by atoms with Crippen molar-refractivity contribution in [2.75, 3.05) is 13.1 Å². The second kappa shape index (κ2) is 11.3. The van der Waals surface area contributed by atoms with Crippen LogP contribution in [0.2, 0.25) is 5.02 Å². The van der Waals surface area contributed by atoms with Crippen LogP contribution in [0.15, 0.2) is 60.7 Å². The van der Waals surface area contributed by atoms with E-state index in [-0.39, 0.29) is 12.4 Å². The molecule has 3 rings (SSSR count). The van der Waals surface area contributed by atoms with Crippen LogP contribution in [0.1, 0.15) is 38.7 Å². The highest BCUT2D eigenvalue weighted by Crippen LogP contribution is 2.30. The average Bonchev–Trinajstić information content (AvgIpc) is 2.73. The van der Waals surface area contributed by atoms with E-state index in [4.69, 9.17) is 11.6 Å². The van der Waals surface area contributed by atoms with Gasteiger partial charge in [0.2, 0.25) is 0 Å². The maximum absolute atomic E-state index is 11.9. The molecule has 0 fully saturated rings. The number of aliphatic hydroxyl groups excluding tert-OH is 1. The molecule has 0 aromatic heterocycles. The van der Waals surface area contributed by atoms with E-state index in [2.05, 4.69) is 5.32 Å². The van der Waals surface area contributed by atoms with E-state index in [1.165, 1.54) is 0 Å². The van der Waals surface area contributed by atoms with Gasteiger partial charge in [0.15, 0.2) is 0 Å². The number of carboxylic acids is 1. The summed E-state index contributed by atoms with van der Waals surface area (Å²) in [6.07, 6.45) is -0.132. The van der Waals surface area contributed by atoms with E-state index in [1.54, 1.807) is 18.2 Å². The van der Waals surface area contributed by atoms with Gasteiger partial charge in [0.25, 0.3) is 0 Å². The van der Waals surface area contributed by atoms with Gasteiger partial charge >= 0.3 is 5.97 Å². The monoisotopic (exact) mass is 459 g/mol. The number of halogens is 2. The Morgan fingerprint density at radius 1 is 1.03 bits per heavy atom. The lowest BCUT2D eigenvalue weighted by atomic mass is 9.88. The van der Waals surface area contributed by atoms with Crippen LogP contribution in [0.5, 0.6) is 0 Å². The Labute approximate surface area is 194 Å². The van der Waals surface area contributed by atoms with Crippen LogP contribution >= 0.6 is 24.0 Å². The minimum atomic E-state index is -0.913. The fourth-order valence-electron chi connectivity index (χ4n) is 3.69. The summed E-state index contributed by atoms with van der Waals surface area (Å²) < 4.78 is 0.